The van der Waals surface area contributed by atoms with Crippen LogP contribution in [0, 0.1) is 0 Å². The Morgan fingerprint density at radius 1 is 0.917 bits per heavy atom. The highest BCUT2D eigenvalue weighted by Gasteiger charge is 2.12. The van der Waals surface area contributed by atoms with Crippen molar-refractivity contribution < 1.29 is 4.79 Å². The summed E-state index contributed by atoms with van der Waals surface area (Å²) in [5, 5.41) is 0. The smallest absolute Gasteiger partial charge is 0.253 e. The topological polar surface area (TPSA) is 33.2 Å². The van der Waals surface area contributed by atoms with Gasteiger partial charge in [-0.15, -0.1) is 0 Å². The first-order valence-electron chi connectivity index (χ1n) is 8.04. The minimum atomic E-state index is 0.0434. The standard InChI is InChI=1S/C21H20N2O/c1-23(15-12-17-10-13-22-14-11-17)21(24)20-9-5-8-19(16-20)18-6-3-2-4-7-18/h2-11,13-14,16H,12,15H2,1H3. The summed E-state index contributed by atoms with van der Waals surface area (Å²) in [7, 11) is 1.85. The minimum absolute atomic E-state index is 0.0434. The van der Waals surface area contributed by atoms with Gasteiger partial charge in [0.05, 0.1) is 0 Å². The summed E-state index contributed by atoms with van der Waals surface area (Å²) < 4.78 is 0. The molecule has 3 heteroatoms. The van der Waals surface area contributed by atoms with Gasteiger partial charge in [-0.2, -0.15) is 0 Å². The third-order valence-electron chi connectivity index (χ3n) is 4.05. The van der Waals surface area contributed by atoms with Gasteiger partial charge in [-0.3, -0.25) is 9.78 Å². The molecular formula is C21H20N2O. The third kappa shape index (κ3) is 3.87. The fourth-order valence-electron chi connectivity index (χ4n) is 2.63. The average molecular weight is 316 g/mol. The second-order valence-electron chi connectivity index (χ2n) is 5.78. The van der Waals surface area contributed by atoms with Crippen molar-refractivity contribution in [3.05, 3.63) is 90.3 Å². The normalized spacial score (nSPS) is 10.4. The zero-order valence-corrected chi connectivity index (χ0v) is 13.7. The highest BCUT2D eigenvalue weighted by molar-refractivity contribution is 5.95. The number of carbonyl (C=O) groups excluding carboxylic acids is 1. The fourth-order valence-corrected chi connectivity index (χ4v) is 2.63. The first kappa shape index (κ1) is 15.9. The second kappa shape index (κ2) is 7.55. The molecule has 0 atom stereocenters. The minimum Gasteiger partial charge on any atom is -0.341 e. The van der Waals surface area contributed by atoms with Gasteiger partial charge in [0, 0.05) is 31.5 Å². The van der Waals surface area contributed by atoms with E-state index in [2.05, 4.69) is 17.1 Å². The van der Waals surface area contributed by atoms with E-state index in [9.17, 15) is 4.79 Å². The Bertz CT molecular complexity index is 800. The van der Waals surface area contributed by atoms with Crippen molar-refractivity contribution in [3.8, 4) is 11.1 Å². The van der Waals surface area contributed by atoms with Crippen LogP contribution >= 0.6 is 0 Å². The van der Waals surface area contributed by atoms with Crippen molar-refractivity contribution in [2.24, 2.45) is 0 Å². The van der Waals surface area contributed by atoms with Crippen LogP contribution in [0.15, 0.2) is 79.1 Å². The van der Waals surface area contributed by atoms with Crippen molar-refractivity contribution in [1.29, 1.82) is 0 Å². The van der Waals surface area contributed by atoms with Crippen LogP contribution in [0.5, 0.6) is 0 Å². The molecule has 0 N–H and O–H groups in total. The molecule has 24 heavy (non-hydrogen) atoms. The van der Waals surface area contributed by atoms with Gasteiger partial charge < -0.3 is 4.90 Å². The number of benzene rings is 2. The highest BCUT2D eigenvalue weighted by Crippen LogP contribution is 2.20. The van der Waals surface area contributed by atoms with E-state index in [1.54, 1.807) is 17.3 Å². The van der Waals surface area contributed by atoms with E-state index in [0.717, 1.165) is 17.5 Å². The molecule has 1 heterocycles. The van der Waals surface area contributed by atoms with E-state index in [4.69, 9.17) is 0 Å². The maximum atomic E-state index is 12.7. The number of rotatable bonds is 5. The number of hydrogen-bond acceptors (Lipinski definition) is 2. The molecule has 2 aromatic carbocycles. The van der Waals surface area contributed by atoms with Crippen LogP contribution in [0.2, 0.25) is 0 Å². The van der Waals surface area contributed by atoms with E-state index < -0.39 is 0 Å². The summed E-state index contributed by atoms with van der Waals surface area (Å²) in [5.41, 5.74) is 4.08. The number of nitrogens with zero attached hydrogens (tertiary/aromatic N) is 2. The van der Waals surface area contributed by atoms with Gasteiger partial charge in [0.25, 0.3) is 5.91 Å². The zero-order valence-electron chi connectivity index (χ0n) is 13.7. The first-order chi connectivity index (χ1) is 11.7. The lowest BCUT2D eigenvalue weighted by Gasteiger charge is -2.17. The van der Waals surface area contributed by atoms with E-state index in [1.165, 1.54) is 5.56 Å². The molecule has 3 aromatic rings. The van der Waals surface area contributed by atoms with Gasteiger partial charge in [0.15, 0.2) is 0 Å². The lowest BCUT2D eigenvalue weighted by molar-refractivity contribution is 0.0796. The van der Waals surface area contributed by atoms with Gasteiger partial charge in [0.1, 0.15) is 0 Å². The van der Waals surface area contributed by atoms with Crippen LogP contribution in [-0.4, -0.2) is 29.4 Å². The molecular weight excluding hydrogens is 296 g/mol. The Balaban J connectivity index is 1.70. The monoisotopic (exact) mass is 316 g/mol. The van der Waals surface area contributed by atoms with Gasteiger partial charge in [-0.25, -0.2) is 0 Å². The van der Waals surface area contributed by atoms with Crippen molar-refractivity contribution in [2.75, 3.05) is 13.6 Å². The maximum absolute atomic E-state index is 12.7. The van der Waals surface area contributed by atoms with Gasteiger partial charge in [-0.1, -0.05) is 42.5 Å². The quantitative estimate of drug-likeness (QED) is 0.711. The number of aromatic nitrogens is 1. The number of pyridine rings is 1. The Morgan fingerprint density at radius 3 is 2.38 bits per heavy atom. The lowest BCUT2D eigenvalue weighted by Crippen LogP contribution is -2.28. The Kier molecular flexibility index (Phi) is 5.02. The van der Waals surface area contributed by atoms with Crippen molar-refractivity contribution >= 4 is 5.91 Å². The molecule has 0 aliphatic carbocycles. The molecule has 3 rings (SSSR count). The fraction of sp³-hybridized carbons (Fsp3) is 0.143. The van der Waals surface area contributed by atoms with E-state index in [0.29, 0.717) is 12.1 Å². The molecule has 0 saturated heterocycles. The molecule has 1 aromatic heterocycles. The molecule has 0 unspecified atom stereocenters. The van der Waals surface area contributed by atoms with Crippen LogP contribution < -0.4 is 0 Å². The van der Waals surface area contributed by atoms with Crippen LogP contribution in [0.1, 0.15) is 15.9 Å². The van der Waals surface area contributed by atoms with Gasteiger partial charge in [0.2, 0.25) is 0 Å². The molecule has 3 nitrogen and oxygen atoms in total. The highest BCUT2D eigenvalue weighted by atomic mass is 16.2. The summed E-state index contributed by atoms with van der Waals surface area (Å²) in [5.74, 6) is 0.0434. The van der Waals surface area contributed by atoms with Gasteiger partial charge >= 0.3 is 0 Å². The maximum Gasteiger partial charge on any atom is 0.253 e. The Morgan fingerprint density at radius 2 is 1.62 bits per heavy atom. The SMILES string of the molecule is CN(CCc1ccncc1)C(=O)c1cccc(-c2ccccc2)c1. The van der Waals surface area contributed by atoms with E-state index in [1.807, 2.05) is 61.6 Å². The van der Waals surface area contributed by atoms with Gasteiger partial charge in [-0.05, 0) is 47.4 Å². The van der Waals surface area contributed by atoms with Crippen LogP contribution in [0.3, 0.4) is 0 Å². The predicted molar refractivity (Wildman–Crippen MR) is 96.8 cm³/mol. The number of carbonyl (C=O) groups is 1. The summed E-state index contributed by atoms with van der Waals surface area (Å²) in [6, 6.07) is 21.9. The molecule has 0 aliphatic rings. The number of amides is 1. The largest absolute Gasteiger partial charge is 0.341 e. The van der Waals surface area contributed by atoms with Crippen molar-refractivity contribution in [1.82, 2.24) is 9.88 Å². The second-order valence-corrected chi connectivity index (χ2v) is 5.78. The molecule has 0 saturated carbocycles. The lowest BCUT2D eigenvalue weighted by atomic mass is 10.0. The summed E-state index contributed by atoms with van der Waals surface area (Å²) in [4.78, 5) is 18.4. The molecule has 0 fully saturated rings. The molecule has 0 spiro atoms. The number of hydrogen-bond donors (Lipinski definition) is 0. The van der Waals surface area contributed by atoms with Crippen LogP contribution in [0.4, 0.5) is 0 Å². The first-order valence-corrected chi connectivity index (χ1v) is 8.04. The van der Waals surface area contributed by atoms with E-state index >= 15 is 0 Å². The average Bonchev–Trinajstić information content (AvgIpc) is 2.67. The van der Waals surface area contributed by atoms with Crippen LogP contribution in [-0.2, 0) is 6.42 Å². The molecule has 0 bridgehead atoms. The molecule has 0 aliphatic heterocycles. The predicted octanol–water partition coefficient (Wildman–Crippen LogP) is 4.06. The Hall–Kier alpha value is -2.94. The third-order valence-corrected chi connectivity index (χ3v) is 4.05. The summed E-state index contributed by atoms with van der Waals surface area (Å²) in [6.07, 6.45) is 4.38. The summed E-state index contributed by atoms with van der Waals surface area (Å²) >= 11 is 0. The molecule has 0 radical (unpaired) electrons. The Labute approximate surface area is 142 Å². The van der Waals surface area contributed by atoms with Crippen molar-refractivity contribution in [3.63, 3.8) is 0 Å². The zero-order chi connectivity index (χ0) is 16.8. The van der Waals surface area contributed by atoms with Crippen LogP contribution in [0.25, 0.3) is 11.1 Å². The molecule has 1 amide bonds. The van der Waals surface area contributed by atoms with Crippen molar-refractivity contribution in [2.45, 2.75) is 6.42 Å². The molecule has 120 valence electrons. The summed E-state index contributed by atoms with van der Waals surface area (Å²) in [6.45, 7) is 0.679. The van der Waals surface area contributed by atoms with E-state index in [-0.39, 0.29) is 5.91 Å². The number of likely N-dealkylation sites (N-methyl/N-ethyl adjacent to an activating group) is 1.